The zero-order chi connectivity index (χ0) is 28.2. The van der Waals surface area contributed by atoms with Crippen LogP contribution in [0.25, 0.3) is 5.76 Å². The number of nitrogens with zero attached hydrogens (tertiary/aromatic N) is 4. The zero-order valence-electron chi connectivity index (χ0n) is 21.7. The first-order valence-corrected chi connectivity index (χ1v) is 13.8. The van der Waals surface area contributed by atoms with Crippen molar-refractivity contribution in [3.05, 3.63) is 89.3 Å². The molecule has 0 aliphatic carbocycles. The molecule has 0 saturated carbocycles. The number of hydrogen-bond acceptors (Lipinski definition) is 11. The number of rotatable bonds is 9. The van der Waals surface area contributed by atoms with Crippen LogP contribution in [0, 0.1) is 0 Å². The number of pyridine rings is 1. The number of amides is 1. The van der Waals surface area contributed by atoms with Crippen LogP contribution in [-0.4, -0.2) is 53.3 Å². The number of aliphatic hydroxyl groups excluding tert-OH is 1. The summed E-state index contributed by atoms with van der Waals surface area (Å²) in [6.07, 6.45) is 2.97. The lowest BCUT2D eigenvalue weighted by molar-refractivity contribution is -0.132. The summed E-state index contributed by atoms with van der Waals surface area (Å²) in [4.78, 5) is 32.2. The summed E-state index contributed by atoms with van der Waals surface area (Å²) in [5, 5.41) is 20.0. The third kappa shape index (κ3) is 5.10. The molecule has 1 aliphatic heterocycles. The Balaban J connectivity index is 1.63. The molecule has 2 aromatic carbocycles. The smallest absolute Gasteiger partial charge is 0.301 e. The first kappa shape index (κ1) is 27.2. The van der Waals surface area contributed by atoms with Crippen LogP contribution in [0.5, 0.6) is 17.2 Å². The topological polar surface area (TPSA) is 124 Å². The van der Waals surface area contributed by atoms with Crippen LogP contribution in [-0.2, 0) is 15.3 Å². The quantitative estimate of drug-likeness (QED) is 0.0969. The van der Waals surface area contributed by atoms with Crippen molar-refractivity contribution < 1.29 is 28.9 Å². The maximum Gasteiger partial charge on any atom is 0.301 e. The summed E-state index contributed by atoms with van der Waals surface area (Å²) in [7, 11) is 4.41. The highest BCUT2D eigenvalue weighted by Gasteiger charge is 2.49. The van der Waals surface area contributed by atoms with Crippen molar-refractivity contribution in [1.82, 2.24) is 15.2 Å². The van der Waals surface area contributed by atoms with Gasteiger partial charge in [-0.1, -0.05) is 53.4 Å². The summed E-state index contributed by atoms with van der Waals surface area (Å²) >= 11 is 2.65. The number of ether oxygens (including phenoxy) is 3. The molecule has 1 N–H and O–H groups in total. The van der Waals surface area contributed by atoms with E-state index in [1.165, 1.54) is 61.7 Å². The standard InChI is InChI=1S/C28H24N4O6S2/c1-36-19-13-18(14-20(37-2)25(19)38-3)22-21(23(33)17-9-11-29-12-10-17)24(34)26(35)32(22)27-30-31-28(40-27)39-15-16-7-5-4-6-8-16/h4-14,22,33H,15H2,1-3H3. The van der Waals surface area contributed by atoms with Crippen molar-refractivity contribution in [2.75, 3.05) is 26.2 Å². The van der Waals surface area contributed by atoms with E-state index in [1.807, 2.05) is 30.3 Å². The molecule has 1 saturated heterocycles. The number of aromatic nitrogens is 3. The van der Waals surface area contributed by atoms with E-state index >= 15 is 0 Å². The van der Waals surface area contributed by atoms with E-state index in [9.17, 15) is 14.7 Å². The number of carbonyl (C=O) groups is 2. The molecule has 1 aliphatic rings. The summed E-state index contributed by atoms with van der Waals surface area (Å²) in [5.41, 5.74) is 1.78. The fourth-order valence-corrected chi connectivity index (χ4v) is 6.17. The van der Waals surface area contributed by atoms with Gasteiger partial charge in [-0.2, -0.15) is 0 Å². The molecule has 1 unspecified atom stereocenters. The third-order valence-electron chi connectivity index (χ3n) is 6.21. The van der Waals surface area contributed by atoms with E-state index in [1.54, 1.807) is 24.3 Å². The lowest BCUT2D eigenvalue weighted by atomic mass is 9.95. The Bertz CT molecular complexity index is 1550. The summed E-state index contributed by atoms with van der Waals surface area (Å²) in [6, 6.07) is 15.2. The fourth-order valence-electron chi connectivity index (χ4n) is 4.35. The zero-order valence-corrected chi connectivity index (χ0v) is 23.4. The molecule has 1 amide bonds. The number of thioether (sulfide) groups is 1. The average Bonchev–Trinajstić information content (AvgIpc) is 3.57. The second-order valence-electron chi connectivity index (χ2n) is 8.49. The van der Waals surface area contributed by atoms with Gasteiger partial charge in [0.05, 0.1) is 32.9 Å². The Morgan fingerprint density at radius 3 is 2.27 bits per heavy atom. The number of anilines is 1. The molecule has 2 aromatic heterocycles. The number of benzene rings is 2. The van der Waals surface area contributed by atoms with Gasteiger partial charge in [-0.05, 0) is 35.4 Å². The van der Waals surface area contributed by atoms with E-state index in [0.717, 1.165) is 5.56 Å². The minimum atomic E-state index is -1.05. The van der Waals surface area contributed by atoms with Crippen molar-refractivity contribution in [3.8, 4) is 17.2 Å². The van der Waals surface area contributed by atoms with Crippen molar-refractivity contribution in [3.63, 3.8) is 0 Å². The van der Waals surface area contributed by atoms with Gasteiger partial charge in [0.2, 0.25) is 10.9 Å². The van der Waals surface area contributed by atoms with Crippen LogP contribution in [0.3, 0.4) is 0 Å². The minimum Gasteiger partial charge on any atom is -0.507 e. The SMILES string of the molecule is COc1cc(C2C(=C(O)c3ccncc3)C(=O)C(=O)N2c2nnc(SCc3ccccc3)s2)cc(OC)c1OC. The van der Waals surface area contributed by atoms with Crippen LogP contribution in [0.2, 0.25) is 0 Å². The molecule has 5 rings (SSSR count). The van der Waals surface area contributed by atoms with Crippen LogP contribution in [0.1, 0.15) is 22.7 Å². The van der Waals surface area contributed by atoms with Crippen molar-refractivity contribution >= 4 is 45.7 Å². The van der Waals surface area contributed by atoms with Gasteiger partial charge in [-0.15, -0.1) is 10.2 Å². The Kier molecular flexibility index (Phi) is 7.99. The lowest BCUT2D eigenvalue weighted by Gasteiger charge is -2.24. The van der Waals surface area contributed by atoms with Gasteiger partial charge >= 0.3 is 5.91 Å². The monoisotopic (exact) mass is 576 g/mol. The highest BCUT2D eigenvalue weighted by atomic mass is 32.2. The fraction of sp³-hybridized carbons (Fsp3) is 0.179. The molecule has 10 nitrogen and oxygen atoms in total. The predicted octanol–water partition coefficient (Wildman–Crippen LogP) is 4.88. The summed E-state index contributed by atoms with van der Waals surface area (Å²) in [5.74, 6) is -0.398. The number of Topliss-reactive ketones (excluding diaryl/α,β-unsaturated/α-hetero) is 1. The molecule has 1 atom stereocenters. The molecular weight excluding hydrogens is 552 g/mol. The normalized spacial score (nSPS) is 16.3. The van der Waals surface area contributed by atoms with Gasteiger partial charge in [0, 0.05) is 23.7 Å². The Morgan fingerprint density at radius 2 is 1.65 bits per heavy atom. The summed E-state index contributed by atoms with van der Waals surface area (Å²) < 4.78 is 17.1. The molecule has 40 heavy (non-hydrogen) atoms. The average molecular weight is 577 g/mol. The van der Waals surface area contributed by atoms with Crippen LogP contribution < -0.4 is 19.1 Å². The van der Waals surface area contributed by atoms with Crippen molar-refractivity contribution in [2.24, 2.45) is 0 Å². The molecule has 0 spiro atoms. The van der Waals surface area contributed by atoms with Crippen LogP contribution in [0.4, 0.5) is 5.13 Å². The first-order valence-electron chi connectivity index (χ1n) is 12.0. The second kappa shape index (κ2) is 11.8. The third-order valence-corrected chi connectivity index (χ3v) is 8.34. The minimum absolute atomic E-state index is 0.112. The maximum absolute atomic E-state index is 13.5. The van der Waals surface area contributed by atoms with Gasteiger partial charge < -0.3 is 19.3 Å². The number of hydrogen-bond donors (Lipinski definition) is 1. The lowest BCUT2D eigenvalue weighted by Crippen LogP contribution is -2.29. The number of ketones is 1. The number of aliphatic hydroxyl groups is 1. The highest BCUT2D eigenvalue weighted by Crippen LogP contribution is 2.48. The van der Waals surface area contributed by atoms with Gasteiger partial charge in [0.25, 0.3) is 5.78 Å². The molecule has 0 bridgehead atoms. The van der Waals surface area contributed by atoms with Gasteiger partial charge in [-0.25, -0.2) is 0 Å². The molecule has 0 radical (unpaired) electrons. The number of methoxy groups -OCH3 is 3. The van der Waals surface area contributed by atoms with E-state index in [-0.39, 0.29) is 16.5 Å². The van der Waals surface area contributed by atoms with E-state index < -0.39 is 17.7 Å². The molecular formula is C28H24N4O6S2. The van der Waals surface area contributed by atoms with E-state index in [0.29, 0.717) is 38.5 Å². The Labute approximate surface area is 238 Å². The summed E-state index contributed by atoms with van der Waals surface area (Å²) in [6.45, 7) is 0. The molecule has 204 valence electrons. The Morgan fingerprint density at radius 1 is 0.975 bits per heavy atom. The largest absolute Gasteiger partial charge is 0.507 e. The van der Waals surface area contributed by atoms with Crippen molar-refractivity contribution in [2.45, 2.75) is 16.1 Å². The van der Waals surface area contributed by atoms with Gasteiger partial charge in [-0.3, -0.25) is 19.5 Å². The van der Waals surface area contributed by atoms with Crippen molar-refractivity contribution in [1.29, 1.82) is 0 Å². The van der Waals surface area contributed by atoms with Crippen LogP contribution >= 0.6 is 23.1 Å². The molecule has 1 fully saturated rings. The predicted molar refractivity (Wildman–Crippen MR) is 151 cm³/mol. The second-order valence-corrected chi connectivity index (χ2v) is 10.7. The maximum atomic E-state index is 13.5. The van der Waals surface area contributed by atoms with E-state index in [2.05, 4.69) is 15.2 Å². The van der Waals surface area contributed by atoms with Gasteiger partial charge in [0.15, 0.2) is 15.8 Å². The van der Waals surface area contributed by atoms with Crippen LogP contribution in [0.15, 0.2) is 76.9 Å². The molecule has 4 aromatic rings. The van der Waals surface area contributed by atoms with E-state index in [4.69, 9.17) is 14.2 Å². The van der Waals surface area contributed by atoms with Gasteiger partial charge in [0.1, 0.15) is 5.76 Å². The highest BCUT2D eigenvalue weighted by molar-refractivity contribution is 8.00. The molecule has 3 heterocycles. The number of carbonyl (C=O) groups excluding carboxylic acids is 2. The Hall–Kier alpha value is -4.42. The first-order chi connectivity index (χ1) is 19.5. The molecule has 12 heteroatoms.